The Labute approximate surface area is 222 Å². The van der Waals surface area contributed by atoms with Crippen molar-refractivity contribution < 1.29 is 18.8 Å². The van der Waals surface area contributed by atoms with Gasteiger partial charge in [-0.15, -0.1) is 0 Å². The van der Waals surface area contributed by atoms with Crippen molar-refractivity contribution in [1.82, 2.24) is 25.1 Å². The number of carbonyl (C=O) groups excluding carboxylic acids is 3. The Morgan fingerprint density at radius 3 is 2.53 bits per heavy atom. The van der Waals surface area contributed by atoms with Gasteiger partial charge in [0.25, 0.3) is 5.91 Å². The van der Waals surface area contributed by atoms with Crippen molar-refractivity contribution in [3.63, 3.8) is 0 Å². The third kappa shape index (κ3) is 8.34. The molecule has 0 atom stereocenters. The molecule has 1 fully saturated rings. The van der Waals surface area contributed by atoms with Gasteiger partial charge in [0.15, 0.2) is 11.5 Å². The Bertz CT molecular complexity index is 1210. The fourth-order valence-corrected chi connectivity index (χ4v) is 3.88. The molecule has 1 heterocycles. The van der Waals surface area contributed by atoms with Gasteiger partial charge in [-0.3, -0.25) is 14.4 Å². The highest BCUT2D eigenvalue weighted by atomic mass is 19.1. The van der Waals surface area contributed by atoms with Gasteiger partial charge in [0.2, 0.25) is 11.8 Å². The molecule has 3 rings (SSSR count). The first-order chi connectivity index (χ1) is 18.1. The lowest BCUT2D eigenvalue weighted by Crippen LogP contribution is -2.38. The molecule has 38 heavy (non-hydrogen) atoms. The molecule has 1 aliphatic carbocycles. The molecule has 1 aromatic carbocycles. The van der Waals surface area contributed by atoms with Crippen LogP contribution in [0.4, 0.5) is 15.9 Å². The molecule has 2 aromatic rings. The number of nitrogens with one attached hydrogen (secondary N) is 2. The van der Waals surface area contributed by atoms with Crippen molar-refractivity contribution in [2.45, 2.75) is 38.5 Å². The summed E-state index contributed by atoms with van der Waals surface area (Å²) >= 11 is 0. The SMILES string of the molecule is CCc1nc(C(N)=O)c(Nc2cc(F)cc(CCNC(=O)CN(C)C(=O)/C=C/CN(C)C)c2)nc1C1CC1. The number of carbonyl (C=O) groups is 3. The van der Waals surface area contributed by atoms with Gasteiger partial charge in [-0.25, -0.2) is 14.4 Å². The maximum atomic E-state index is 14.4. The first-order valence-electron chi connectivity index (χ1n) is 12.7. The topological polar surface area (TPSA) is 134 Å². The van der Waals surface area contributed by atoms with E-state index in [0.717, 1.165) is 24.2 Å². The van der Waals surface area contributed by atoms with E-state index in [1.165, 1.54) is 23.1 Å². The third-order valence-corrected chi connectivity index (χ3v) is 5.98. The van der Waals surface area contributed by atoms with E-state index in [4.69, 9.17) is 5.73 Å². The second-order valence-corrected chi connectivity index (χ2v) is 9.68. The first kappa shape index (κ1) is 28.7. The average Bonchev–Trinajstić information content (AvgIpc) is 3.68. The van der Waals surface area contributed by atoms with E-state index in [1.807, 2.05) is 25.9 Å². The Balaban J connectivity index is 1.62. The molecule has 204 valence electrons. The van der Waals surface area contributed by atoms with Gasteiger partial charge in [-0.2, -0.15) is 0 Å². The summed E-state index contributed by atoms with van der Waals surface area (Å²) in [5.41, 5.74) is 8.18. The summed E-state index contributed by atoms with van der Waals surface area (Å²) in [5.74, 6) is -1.26. The molecule has 0 saturated heterocycles. The van der Waals surface area contributed by atoms with Crippen LogP contribution in [0.3, 0.4) is 0 Å². The smallest absolute Gasteiger partial charge is 0.271 e. The molecule has 4 N–H and O–H groups in total. The summed E-state index contributed by atoms with van der Waals surface area (Å²) in [4.78, 5) is 48.7. The highest BCUT2D eigenvalue weighted by molar-refractivity contribution is 5.96. The van der Waals surface area contributed by atoms with Crippen molar-refractivity contribution in [2.24, 2.45) is 5.73 Å². The molecule has 0 bridgehead atoms. The number of nitrogens with zero attached hydrogens (tertiary/aromatic N) is 4. The van der Waals surface area contributed by atoms with E-state index in [9.17, 15) is 18.8 Å². The van der Waals surface area contributed by atoms with E-state index in [-0.39, 0.29) is 36.4 Å². The number of benzene rings is 1. The maximum absolute atomic E-state index is 14.4. The van der Waals surface area contributed by atoms with E-state index in [0.29, 0.717) is 36.6 Å². The van der Waals surface area contributed by atoms with E-state index >= 15 is 0 Å². The lowest BCUT2D eigenvalue weighted by molar-refractivity contribution is -0.131. The molecule has 0 spiro atoms. The number of aryl methyl sites for hydroxylation is 1. The summed E-state index contributed by atoms with van der Waals surface area (Å²) in [7, 11) is 5.34. The monoisotopic (exact) mass is 525 g/mol. The number of amides is 3. The van der Waals surface area contributed by atoms with E-state index in [1.54, 1.807) is 19.2 Å². The fourth-order valence-electron chi connectivity index (χ4n) is 3.88. The van der Waals surface area contributed by atoms with Crippen molar-refractivity contribution in [1.29, 1.82) is 0 Å². The molecule has 1 aliphatic rings. The molecule has 10 nitrogen and oxygen atoms in total. The van der Waals surface area contributed by atoms with Crippen LogP contribution in [0.25, 0.3) is 0 Å². The first-order valence-corrected chi connectivity index (χ1v) is 12.7. The molecule has 3 amide bonds. The van der Waals surface area contributed by atoms with Crippen LogP contribution in [0.5, 0.6) is 0 Å². The number of nitrogens with two attached hydrogens (primary N) is 1. The van der Waals surface area contributed by atoms with Crippen molar-refractivity contribution in [3.8, 4) is 0 Å². The van der Waals surface area contributed by atoms with Gasteiger partial charge in [-0.1, -0.05) is 13.0 Å². The lowest BCUT2D eigenvalue weighted by atomic mass is 10.1. The van der Waals surface area contributed by atoms with Gasteiger partial charge >= 0.3 is 0 Å². The number of hydrogen-bond acceptors (Lipinski definition) is 7. The predicted octanol–water partition coefficient (Wildman–Crippen LogP) is 2.13. The molecule has 11 heteroatoms. The summed E-state index contributed by atoms with van der Waals surface area (Å²) < 4.78 is 14.4. The number of likely N-dealkylation sites (N-methyl/N-ethyl adjacent to an activating group) is 2. The fraction of sp³-hybridized carbons (Fsp3) is 0.444. The maximum Gasteiger partial charge on any atom is 0.271 e. The Morgan fingerprint density at radius 2 is 1.89 bits per heavy atom. The average molecular weight is 526 g/mol. The van der Waals surface area contributed by atoms with Crippen LogP contribution in [0.1, 0.15) is 53.1 Å². The van der Waals surface area contributed by atoms with Crippen LogP contribution >= 0.6 is 0 Å². The van der Waals surface area contributed by atoms with E-state index in [2.05, 4.69) is 20.6 Å². The second-order valence-electron chi connectivity index (χ2n) is 9.68. The normalized spacial score (nSPS) is 13.1. The van der Waals surface area contributed by atoms with Crippen LogP contribution < -0.4 is 16.4 Å². The van der Waals surface area contributed by atoms with Crippen LogP contribution in [0, 0.1) is 5.82 Å². The van der Waals surface area contributed by atoms with Crippen molar-refractivity contribution in [2.75, 3.05) is 46.1 Å². The third-order valence-electron chi connectivity index (χ3n) is 5.98. The zero-order chi connectivity index (χ0) is 27.8. The van der Waals surface area contributed by atoms with Gasteiger partial charge in [0.1, 0.15) is 5.82 Å². The predicted molar refractivity (Wildman–Crippen MR) is 144 cm³/mol. The number of primary amides is 1. The lowest BCUT2D eigenvalue weighted by Gasteiger charge is -2.16. The highest BCUT2D eigenvalue weighted by Crippen LogP contribution is 2.41. The standard InChI is InChI=1S/C27H36FN7O3/c1-5-21-24(18-8-9-18)33-27(25(32-21)26(29)38)31-20-14-17(13-19(28)15-20)10-11-30-22(36)16-35(4)23(37)7-6-12-34(2)3/h6-7,13-15,18H,5,8-12,16H2,1-4H3,(H2,29,38)(H,30,36)(H,31,33)/b7-6+. The Hall–Kier alpha value is -3.86. The highest BCUT2D eigenvalue weighted by Gasteiger charge is 2.30. The molecule has 1 aromatic heterocycles. The summed E-state index contributed by atoms with van der Waals surface area (Å²) in [6, 6.07) is 4.39. The number of halogens is 1. The summed E-state index contributed by atoms with van der Waals surface area (Å²) in [5, 5.41) is 5.77. The minimum atomic E-state index is -0.715. The molecular weight excluding hydrogens is 489 g/mol. The quantitative estimate of drug-likeness (QED) is 0.341. The molecule has 1 saturated carbocycles. The zero-order valence-corrected chi connectivity index (χ0v) is 22.4. The second kappa shape index (κ2) is 13.1. The van der Waals surface area contributed by atoms with Crippen LogP contribution in [-0.4, -0.2) is 78.3 Å². The van der Waals surface area contributed by atoms with E-state index < -0.39 is 11.7 Å². The summed E-state index contributed by atoms with van der Waals surface area (Å²) in [6.45, 7) is 2.74. The Kier molecular flexibility index (Phi) is 9.89. The molecule has 0 radical (unpaired) electrons. The molecular formula is C27H36FN7O3. The molecule has 0 unspecified atom stereocenters. The van der Waals surface area contributed by atoms with Crippen LogP contribution in [0.2, 0.25) is 0 Å². The van der Waals surface area contributed by atoms with Gasteiger partial charge < -0.3 is 26.2 Å². The minimum absolute atomic E-state index is 0.0135. The van der Waals surface area contributed by atoms with Gasteiger partial charge in [0, 0.05) is 37.8 Å². The van der Waals surface area contributed by atoms with Crippen molar-refractivity contribution in [3.05, 3.63) is 58.8 Å². The van der Waals surface area contributed by atoms with Gasteiger partial charge in [-0.05, 0) is 63.5 Å². The number of hydrogen-bond donors (Lipinski definition) is 3. The largest absolute Gasteiger partial charge is 0.364 e. The number of anilines is 2. The minimum Gasteiger partial charge on any atom is -0.364 e. The molecule has 0 aliphatic heterocycles. The number of rotatable bonds is 13. The van der Waals surface area contributed by atoms with Crippen LogP contribution in [0.15, 0.2) is 30.4 Å². The Morgan fingerprint density at radius 1 is 1.16 bits per heavy atom. The van der Waals surface area contributed by atoms with Gasteiger partial charge in [0.05, 0.1) is 17.9 Å². The number of aromatic nitrogens is 2. The van der Waals surface area contributed by atoms with Crippen molar-refractivity contribution >= 4 is 29.2 Å². The summed E-state index contributed by atoms with van der Waals surface area (Å²) in [6.07, 6.45) is 6.19. The zero-order valence-electron chi connectivity index (χ0n) is 22.4. The van der Waals surface area contributed by atoms with Crippen LogP contribution in [-0.2, 0) is 22.4 Å².